The van der Waals surface area contributed by atoms with Crippen molar-refractivity contribution >= 4 is 29.3 Å². The summed E-state index contributed by atoms with van der Waals surface area (Å²) < 4.78 is 20.8. The molecule has 0 saturated heterocycles. The number of non-ortho nitro benzene ring substituents is 2. The lowest BCUT2D eigenvalue weighted by molar-refractivity contribution is -0.394. The van der Waals surface area contributed by atoms with Gasteiger partial charge in [0.05, 0.1) is 68.2 Å². The Morgan fingerprint density at radius 1 is 1.00 bits per heavy atom. The van der Waals surface area contributed by atoms with Crippen LogP contribution in [0.15, 0.2) is 30.3 Å². The van der Waals surface area contributed by atoms with Gasteiger partial charge in [-0.05, 0) is 31.9 Å². The van der Waals surface area contributed by atoms with Gasteiger partial charge in [0.15, 0.2) is 11.5 Å². The topological polar surface area (TPSA) is 173 Å². The molecule has 3 rings (SSSR count). The summed E-state index contributed by atoms with van der Waals surface area (Å²) in [7, 11) is 4.03. The van der Waals surface area contributed by atoms with E-state index < -0.39 is 45.6 Å². The number of nitro groups is 2. The number of anilines is 1. The van der Waals surface area contributed by atoms with Crippen LogP contribution in [-0.2, 0) is 20.9 Å². The molecule has 15 nitrogen and oxygen atoms in total. The highest BCUT2D eigenvalue weighted by atomic mass is 16.8. The van der Waals surface area contributed by atoms with Crippen LogP contribution in [0, 0.1) is 20.2 Å². The summed E-state index contributed by atoms with van der Waals surface area (Å²) in [5.41, 5.74) is -0.0198. The van der Waals surface area contributed by atoms with E-state index in [1.807, 2.05) is 0 Å². The number of nitro benzene ring substituents is 2. The molecule has 2 atom stereocenters. The lowest BCUT2D eigenvalue weighted by atomic mass is 9.91. The lowest BCUT2D eigenvalue weighted by Gasteiger charge is -2.42. The van der Waals surface area contributed by atoms with E-state index in [4.69, 9.17) is 23.8 Å². The molecule has 0 fully saturated rings. The van der Waals surface area contributed by atoms with Crippen molar-refractivity contribution in [3.63, 3.8) is 0 Å². The molecule has 1 heterocycles. The van der Waals surface area contributed by atoms with E-state index in [1.165, 1.54) is 31.3 Å². The van der Waals surface area contributed by atoms with Crippen molar-refractivity contribution in [1.29, 1.82) is 0 Å². The molecule has 15 heteroatoms. The number of hydroxylamine groups is 1. The van der Waals surface area contributed by atoms with E-state index in [2.05, 4.69) is 0 Å². The third-order valence-corrected chi connectivity index (χ3v) is 6.05. The van der Waals surface area contributed by atoms with E-state index in [-0.39, 0.29) is 25.1 Å². The van der Waals surface area contributed by atoms with Crippen LogP contribution in [-0.4, -0.2) is 61.0 Å². The summed E-state index contributed by atoms with van der Waals surface area (Å²) in [6, 6.07) is 5.09. The van der Waals surface area contributed by atoms with Gasteiger partial charge >= 0.3 is 12.2 Å². The molecule has 1 aliphatic rings. The molecule has 39 heavy (non-hydrogen) atoms. The number of nitrogens with zero attached hydrogens (tertiary/aromatic N) is 4. The summed E-state index contributed by atoms with van der Waals surface area (Å²) >= 11 is 0. The third-order valence-electron chi connectivity index (χ3n) is 6.05. The zero-order valence-electron chi connectivity index (χ0n) is 21.9. The molecule has 2 aromatic rings. The number of carbonyl (C=O) groups is 2. The Morgan fingerprint density at radius 3 is 2.10 bits per heavy atom. The van der Waals surface area contributed by atoms with Crippen LogP contribution in [0.25, 0.3) is 0 Å². The number of hydrogen-bond acceptors (Lipinski definition) is 12. The zero-order chi connectivity index (χ0) is 28.9. The zero-order valence-corrected chi connectivity index (χ0v) is 21.9. The number of hydrogen-bond donors (Lipinski definition) is 0. The maximum absolute atomic E-state index is 13.1. The normalized spacial score (nSPS) is 16.0. The van der Waals surface area contributed by atoms with Gasteiger partial charge in [-0.2, -0.15) is 5.06 Å². The average molecular weight is 549 g/mol. The molecule has 2 aromatic carbocycles. The largest absolute Gasteiger partial charge is 0.533 e. The van der Waals surface area contributed by atoms with Crippen LogP contribution in [0.4, 0.5) is 26.7 Å². The summed E-state index contributed by atoms with van der Waals surface area (Å²) in [5, 5.41) is 24.1. The number of rotatable bonds is 9. The first kappa shape index (κ1) is 28.7. The third kappa shape index (κ3) is 6.19. The maximum Gasteiger partial charge on any atom is 0.533 e. The molecule has 0 aromatic heterocycles. The average Bonchev–Trinajstić information content (AvgIpc) is 2.91. The van der Waals surface area contributed by atoms with Gasteiger partial charge in [0.2, 0.25) is 0 Å². The predicted molar refractivity (Wildman–Crippen MR) is 135 cm³/mol. The Balaban J connectivity index is 2.15. The van der Waals surface area contributed by atoms with Crippen LogP contribution in [0.2, 0.25) is 0 Å². The lowest BCUT2D eigenvalue weighted by Crippen LogP contribution is -2.45. The second-order valence-electron chi connectivity index (χ2n) is 8.44. The molecule has 0 N–H and O–H groups in total. The Hall–Kier alpha value is -4.82. The SMILES string of the molecule is CCOC(=O)ON1c2cc(OC)c(OC)cc2[C@@H](N(Cc2cc([N+](=O)[O-])cc([N+](=O)[O-])c2)C(=O)OC)C[C@H]1C. The minimum absolute atomic E-state index is 0.0912. The van der Waals surface area contributed by atoms with E-state index >= 15 is 0 Å². The molecule has 0 spiro atoms. The van der Waals surface area contributed by atoms with Crippen LogP contribution < -0.4 is 14.5 Å². The first-order valence-corrected chi connectivity index (χ1v) is 11.7. The van der Waals surface area contributed by atoms with Gasteiger partial charge in [-0.25, -0.2) is 9.59 Å². The van der Waals surface area contributed by atoms with Crippen LogP contribution in [0.5, 0.6) is 11.5 Å². The summed E-state index contributed by atoms with van der Waals surface area (Å²) in [6.45, 7) is 3.21. The molecule has 0 unspecified atom stereocenters. The minimum Gasteiger partial charge on any atom is -0.493 e. The summed E-state index contributed by atoms with van der Waals surface area (Å²) in [5.74, 6) is 0.642. The predicted octanol–water partition coefficient (Wildman–Crippen LogP) is 4.52. The van der Waals surface area contributed by atoms with Crippen molar-refractivity contribution in [2.75, 3.05) is 33.0 Å². The monoisotopic (exact) mass is 548 g/mol. The molecule has 210 valence electrons. The van der Waals surface area contributed by atoms with E-state index in [1.54, 1.807) is 26.0 Å². The maximum atomic E-state index is 13.1. The summed E-state index contributed by atoms with van der Waals surface area (Å²) in [6.07, 6.45) is -1.52. The second kappa shape index (κ2) is 12.1. The van der Waals surface area contributed by atoms with Gasteiger partial charge in [-0.15, -0.1) is 0 Å². The molecule has 0 aliphatic carbocycles. The highest BCUT2D eigenvalue weighted by molar-refractivity contribution is 5.72. The second-order valence-corrected chi connectivity index (χ2v) is 8.44. The van der Waals surface area contributed by atoms with Crippen molar-refractivity contribution in [1.82, 2.24) is 4.90 Å². The smallest absolute Gasteiger partial charge is 0.493 e. The fourth-order valence-electron chi connectivity index (χ4n) is 4.36. The van der Waals surface area contributed by atoms with Crippen LogP contribution in [0.3, 0.4) is 0 Å². The highest BCUT2D eigenvalue weighted by Crippen LogP contribution is 2.46. The fraction of sp³-hybridized carbons (Fsp3) is 0.417. The van der Waals surface area contributed by atoms with Gasteiger partial charge in [0.25, 0.3) is 11.4 Å². The van der Waals surface area contributed by atoms with Crippen molar-refractivity contribution < 1.29 is 43.2 Å². The van der Waals surface area contributed by atoms with Gasteiger partial charge in [-0.3, -0.25) is 25.1 Å². The molecular weight excluding hydrogens is 520 g/mol. The van der Waals surface area contributed by atoms with Gasteiger partial charge in [0, 0.05) is 23.8 Å². The fourth-order valence-corrected chi connectivity index (χ4v) is 4.36. The van der Waals surface area contributed by atoms with Crippen LogP contribution in [0.1, 0.15) is 37.4 Å². The number of ether oxygens (including phenoxy) is 4. The van der Waals surface area contributed by atoms with Crippen LogP contribution >= 0.6 is 0 Å². The quantitative estimate of drug-likeness (QED) is 0.244. The first-order chi connectivity index (χ1) is 18.5. The number of carbonyl (C=O) groups excluding carboxylic acids is 2. The van der Waals surface area contributed by atoms with Crippen molar-refractivity contribution in [3.8, 4) is 11.5 Å². The van der Waals surface area contributed by atoms with Crippen molar-refractivity contribution in [2.24, 2.45) is 0 Å². The Morgan fingerprint density at radius 2 is 1.59 bits per heavy atom. The molecule has 0 saturated carbocycles. The van der Waals surface area contributed by atoms with Crippen molar-refractivity contribution in [3.05, 3.63) is 61.7 Å². The standard InChI is InChI=1S/C24H28N4O11/c1-6-38-24(30)39-26-14(2)7-19(18-11-21(35-3)22(36-4)12-20(18)26)25(23(29)37-5)13-15-8-16(27(31)32)10-17(9-15)28(33)34/h8-12,14,19H,6-7,13H2,1-5H3/t14-,19+/m1/s1. The van der Waals surface area contributed by atoms with Gasteiger partial charge < -0.3 is 23.8 Å². The van der Waals surface area contributed by atoms with Crippen molar-refractivity contribution in [2.45, 2.75) is 38.9 Å². The van der Waals surface area contributed by atoms with E-state index in [0.29, 0.717) is 22.7 Å². The molecule has 1 aliphatic heterocycles. The summed E-state index contributed by atoms with van der Waals surface area (Å²) in [4.78, 5) is 53.3. The minimum atomic E-state index is -0.933. The van der Waals surface area contributed by atoms with E-state index in [0.717, 1.165) is 18.2 Å². The van der Waals surface area contributed by atoms with Gasteiger partial charge in [-0.1, -0.05) is 0 Å². The molecule has 0 bridgehead atoms. The highest BCUT2D eigenvalue weighted by Gasteiger charge is 2.39. The molecular formula is C24H28N4O11. The Bertz CT molecular complexity index is 1240. The Labute approximate surface area is 223 Å². The number of amides is 1. The first-order valence-electron chi connectivity index (χ1n) is 11.7. The number of benzene rings is 2. The Kier molecular flexibility index (Phi) is 8.96. The van der Waals surface area contributed by atoms with Gasteiger partial charge in [0.1, 0.15) is 0 Å². The van der Waals surface area contributed by atoms with E-state index in [9.17, 15) is 29.8 Å². The number of methoxy groups -OCH3 is 3. The molecule has 1 amide bonds. The number of fused-ring (bicyclic) bond motifs is 1. The molecule has 0 radical (unpaired) electrons.